The Morgan fingerprint density at radius 2 is 1.45 bits per heavy atom. The van der Waals surface area contributed by atoms with E-state index < -0.39 is 49.8 Å². The molecule has 1 aromatic carbocycles. The lowest BCUT2D eigenvalue weighted by Crippen LogP contribution is -2.44. The molecule has 1 rings (SSSR count). The van der Waals surface area contributed by atoms with E-state index in [4.69, 9.17) is 10.6 Å². The van der Waals surface area contributed by atoms with Gasteiger partial charge in [0.15, 0.2) is 6.61 Å². The van der Waals surface area contributed by atoms with Crippen LogP contribution < -0.4 is 11.2 Å². The first kappa shape index (κ1) is 30.6. The van der Waals surface area contributed by atoms with Crippen LogP contribution in [0.25, 0.3) is 0 Å². The van der Waals surface area contributed by atoms with Crippen molar-refractivity contribution in [3.63, 3.8) is 0 Å². The molecule has 0 bridgehead atoms. The average molecular weight is 807 g/mol. The Morgan fingerprint density at radius 1 is 0.939 bits per heavy atom. The molecule has 0 saturated heterocycles. The van der Waals surface area contributed by atoms with E-state index in [1.165, 1.54) is 0 Å². The zero-order chi connectivity index (χ0) is 25.3. The topological polar surface area (TPSA) is 203 Å². The number of hydroxylamine groups is 1. The molecule has 2 atom stereocenters. The zero-order valence-corrected chi connectivity index (χ0v) is 23.6. The van der Waals surface area contributed by atoms with Gasteiger partial charge < -0.3 is 36.2 Å². The van der Waals surface area contributed by atoms with Crippen LogP contribution in [0.15, 0.2) is 0 Å². The van der Waals surface area contributed by atoms with Crippen LogP contribution in [0.5, 0.6) is 0 Å². The minimum Gasteiger partial charge on any atom is -0.396 e. The lowest BCUT2D eigenvalue weighted by atomic mass is 10.0. The SMILES string of the molecule is NC(=O)CONC(=O)c1c(I)c(CCO)c(I)c(C(=O)N(CC(O)CO)CC(O)CO)c1I. The third-order valence-corrected chi connectivity index (χ3v) is 7.62. The largest absolute Gasteiger partial charge is 0.396 e. The van der Waals surface area contributed by atoms with Crippen molar-refractivity contribution in [2.75, 3.05) is 39.5 Å². The summed E-state index contributed by atoms with van der Waals surface area (Å²) in [5, 5.41) is 47.6. The van der Waals surface area contributed by atoms with Gasteiger partial charge in [0, 0.05) is 30.4 Å². The molecule has 1 aromatic rings. The van der Waals surface area contributed by atoms with E-state index in [2.05, 4.69) is 5.48 Å². The quantitative estimate of drug-likeness (QED) is 0.0900. The maximum absolute atomic E-state index is 13.5. The summed E-state index contributed by atoms with van der Waals surface area (Å²) in [6, 6.07) is 0. The fourth-order valence-electron chi connectivity index (χ4n) is 2.68. The Morgan fingerprint density at radius 3 is 1.91 bits per heavy atom. The highest BCUT2D eigenvalue weighted by atomic mass is 127. The summed E-state index contributed by atoms with van der Waals surface area (Å²) in [4.78, 5) is 43.0. The Hall–Kier alpha value is -0.420. The van der Waals surface area contributed by atoms with Gasteiger partial charge in [-0.05, 0) is 79.8 Å². The Bertz CT molecular complexity index is 861. The van der Waals surface area contributed by atoms with Crippen molar-refractivity contribution in [3.8, 4) is 0 Å². The van der Waals surface area contributed by atoms with E-state index in [9.17, 15) is 39.9 Å². The number of halogens is 3. The van der Waals surface area contributed by atoms with Crippen molar-refractivity contribution < 1.29 is 44.8 Å². The summed E-state index contributed by atoms with van der Waals surface area (Å²) in [7, 11) is 0. The fraction of sp³-hybridized carbons (Fsp3) is 0.500. The first-order chi connectivity index (χ1) is 15.5. The molecule has 186 valence electrons. The van der Waals surface area contributed by atoms with Crippen LogP contribution in [-0.2, 0) is 16.1 Å². The van der Waals surface area contributed by atoms with Crippen LogP contribution >= 0.6 is 67.8 Å². The highest BCUT2D eigenvalue weighted by molar-refractivity contribution is 14.1. The maximum atomic E-state index is 13.5. The number of nitrogens with zero attached hydrogens (tertiary/aromatic N) is 1. The van der Waals surface area contributed by atoms with Crippen molar-refractivity contribution in [3.05, 3.63) is 27.4 Å². The van der Waals surface area contributed by atoms with Gasteiger partial charge in [-0.1, -0.05) is 0 Å². The number of benzene rings is 1. The van der Waals surface area contributed by atoms with Gasteiger partial charge in [-0.2, -0.15) is 0 Å². The molecular formula is C18H24I3N3O9. The lowest BCUT2D eigenvalue weighted by molar-refractivity contribution is -0.124. The van der Waals surface area contributed by atoms with Crippen molar-refractivity contribution >= 4 is 85.5 Å². The van der Waals surface area contributed by atoms with Gasteiger partial charge in [0.05, 0.1) is 36.5 Å². The van der Waals surface area contributed by atoms with Crippen LogP contribution in [0.2, 0.25) is 0 Å². The van der Waals surface area contributed by atoms with Gasteiger partial charge in [-0.25, -0.2) is 5.48 Å². The molecule has 0 spiro atoms. The monoisotopic (exact) mass is 807 g/mol. The number of aliphatic hydroxyl groups excluding tert-OH is 5. The van der Waals surface area contributed by atoms with Gasteiger partial charge in [-0.3, -0.25) is 19.2 Å². The van der Waals surface area contributed by atoms with Crippen LogP contribution in [-0.4, -0.2) is 99.9 Å². The van der Waals surface area contributed by atoms with Crippen molar-refractivity contribution in [2.24, 2.45) is 5.73 Å². The lowest BCUT2D eigenvalue weighted by Gasteiger charge is -2.28. The van der Waals surface area contributed by atoms with E-state index in [1.54, 1.807) is 22.6 Å². The summed E-state index contributed by atoms with van der Waals surface area (Å²) in [6.45, 7) is -2.80. The Kier molecular flexibility index (Phi) is 13.8. The molecule has 0 fully saturated rings. The number of hydrogen-bond donors (Lipinski definition) is 7. The molecule has 3 amide bonds. The van der Waals surface area contributed by atoms with Crippen LogP contribution in [0.1, 0.15) is 26.3 Å². The van der Waals surface area contributed by atoms with E-state index in [0.717, 1.165) is 4.90 Å². The van der Waals surface area contributed by atoms with E-state index in [-0.39, 0.29) is 40.8 Å². The number of carbonyl (C=O) groups is 3. The minimum absolute atomic E-state index is 0.0539. The minimum atomic E-state index is -1.30. The molecule has 12 nitrogen and oxygen atoms in total. The molecule has 15 heteroatoms. The van der Waals surface area contributed by atoms with E-state index >= 15 is 0 Å². The molecule has 2 unspecified atom stereocenters. The summed E-state index contributed by atoms with van der Waals surface area (Å²) < 4.78 is 1.11. The summed E-state index contributed by atoms with van der Waals surface area (Å²) in [5.41, 5.74) is 7.71. The molecule has 8 N–H and O–H groups in total. The third-order valence-electron chi connectivity index (χ3n) is 4.16. The molecule has 33 heavy (non-hydrogen) atoms. The van der Waals surface area contributed by atoms with E-state index in [1.807, 2.05) is 45.2 Å². The number of aliphatic hydroxyl groups is 5. The molecule has 0 aliphatic carbocycles. The molecule has 0 aliphatic heterocycles. The number of primary amides is 1. The molecular weight excluding hydrogens is 783 g/mol. The van der Waals surface area contributed by atoms with Crippen molar-refractivity contribution in [1.82, 2.24) is 10.4 Å². The predicted molar refractivity (Wildman–Crippen MR) is 140 cm³/mol. The normalized spacial score (nSPS) is 12.8. The van der Waals surface area contributed by atoms with Gasteiger partial charge in [0.1, 0.15) is 0 Å². The number of carbonyl (C=O) groups excluding carboxylic acids is 3. The van der Waals surface area contributed by atoms with Crippen molar-refractivity contribution in [2.45, 2.75) is 18.6 Å². The van der Waals surface area contributed by atoms with Crippen LogP contribution in [0.3, 0.4) is 0 Å². The van der Waals surface area contributed by atoms with Gasteiger partial charge in [0.2, 0.25) is 5.91 Å². The van der Waals surface area contributed by atoms with Gasteiger partial charge in [0.25, 0.3) is 11.8 Å². The number of nitrogens with one attached hydrogen (secondary N) is 1. The maximum Gasteiger partial charge on any atom is 0.277 e. The van der Waals surface area contributed by atoms with E-state index in [0.29, 0.717) is 12.7 Å². The first-order valence-corrected chi connectivity index (χ1v) is 12.6. The summed E-state index contributed by atoms with van der Waals surface area (Å²) >= 11 is 5.62. The zero-order valence-electron chi connectivity index (χ0n) is 17.1. The smallest absolute Gasteiger partial charge is 0.277 e. The van der Waals surface area contributed by atoms with Crippen molar-refractivity contribution in [1.29, 1.82) is 0 Å². The molecule has 0 heterocycles. The van der Waals surface area contributed by atoms with Gasteiger partial charge in [-0.15, -0.1) is 0 Å². The molecule has 0 aromatic heterocycles. The molecule has 0 aliphatic rings. The second kappa shape index (κ2) is 14.9. The van der Waals surface area contributed by atoms with Crippen LogP contribution in [0, 0.1) is 10.7 Å². The second-order valence-electron chi connectivity index (χ2n) is 6.71. The fourth-order valence-corrected chi connectivity index (χ4v) is 7.34. The molecule has 0 saturated carbocycles. The Balaban J connectivity index is 3.58. The Labute approximate surface area is 230 Å². The summed E-state index contributed by atoms with van der Waals surface area (Å²) in [5.74, 6) is -2.24. The average Bonchev–Trinajstić information content (AvgIpc) is 2.75. The highest BCUT2D eigenvalue weighted by Gasteiger charge is 2.31. The number of hydrogen-bond acceptors (Lipinski definition) is 9. The second-order valence-corrected chi connectivity index (χ2v) is 9.95. The number of rotatable bonds is 13. The number of nitrogens with two attached hydrogens (primary N) is 1. The predicted octanol–water partition coefficient (Wildman–Crippen LogP) is -1.67. The highest BCUT2D eigenvalue weighted by Crippen LogP contribution is 2.33. The standard InChI is InChI=1S/C18H24I3N3O9/c19-14-10(1-2-25)15(20)13(16(21)12(14)17(31)23-33-7-11(22)30)18(32)24(3-8(28)5-26)4-9(29)6-27/h8-9,25-29H,1-7H2,(H2,22,30)(H,23,31). The van der Waals surface area contributed by atoms with Crippen LogP contribution in [0.4, 0.5) is 0 Å². The third kappa shape index (κ3) is 8.63. The number of amides is 3. The summed E-state index contributed by atoms with van der Waals surface area (Å²) in [6.07, 6.45) is -2.49. The molecule has 0 radical (unpaired) electrons. The first-order valence-electron chi connectivity index (χ1n) is 9.37. The van der Waals surface area contributed by atoms with Gasteiger partial charge >= 0.3 is 0 Å².